The SMILES string of the molecule is CCC(CC)(CN)NC(=O)C(C)n1cccn1.Cl.Cl. The Morgan fingerprint density at radius 1 is 1.42 bits per heavy atom. The van der Waals surface area contributed by atoms with Crippen LogP contribution in [0.15, 0.2) is 18.5 Å². The summed E-state index contributed by atoms with van der Waals surface area (Å²) in [5.41, 5.74) is 5.47. The van der Waals surface area contributed by atoms with Gasteiger partial charge in [0.1, 0.15) is 6.04 Å². The van der Waals surface area contributed by atoms with Gasteiger partial charge in [-0.1, -0.05) is 13.8 Å². The smallest absolute Gasteiger partial charge is 0.245 e. The molecule has 7 heteroatoms. The van der Waals surface area contributed by atoms with E-state index in [1.807, 2.05) is 20.8 Å². The first-order chi connectivity index (χ1) is 8.08. The topological polar surface area (TPSA) is 72.9 Å². The third kappa shape index (κ3) is 5.01. The van der Waals surface area contributed by atoms with Crippen molar-refractivity contribution >= 4 is 30.7 Å². The lowest BCUT2D eigenvalue weighted by molar-refractivity contribution is -0.126. The Hall–Kier alpha value is -0.780. The molecule has 0 bridgehead atoms. The number of halogens is 2. The summed E-state index contributed by atoms with van der Waals surface area (Å²) in [7, 11) is 0. The van der Waals surface area contributed by atoms with E-state index >= 15 is 0 Å². The number of hydrogen-bond donors (Lipinski definition) is 2. The van der Waals surface area contributed by atoms with Crippen molar-refractivity contribution in [3.63, 3.8) is 0 Å². The van der Waals surface area contributed by atoms with Gasteiger partial charge < -0.3 is 11.1 Å². The second-order valence-electron chi connectivity index (χ2n) is 4.34. The van der Waals surface area contributed by atoms with E-state index in [4.69, 9.17) is 5.73 Å². The highest BCUT2D eigenvalue weighted by atomic mass is 35.5. The molecule has 0 saturated carbocycles. The molecule has 0 aliphatic carbocycles. The van der Waals surface area contributed by atoms with Crippen LogP contribution in [0, 0.1) is 0 Å². The minimum absolute atomic E-state index is 0. The van der Waals surface area contributed by atoms with Crippen LogP contribution >= 0.6 is 24.8 Å². The molecule has 0 radical (unpaired) electrons. The molecule has 19 heavy (non-hydrogen) atoms. The third-order valence-corrected chi connectivity index (χ3v) is 3.43. The number of aromatic nitrogens is 2. The lowest BCUT2D eigenvalue weighted by atomic mass is 9.92. The summed E-state index contributed by atoms with van der Waals surface area (Å²) >= 11 is 0. The molecule has 0 spiro atoms. The molecule has 0 aromatic carbocycles. The monoisotopic (exact) mass is 310 g/mol. The lowest BCUT2D eigenvalue weighted by Gasteiger charge is -2.32. The summed E-state index contributed by atoms with van der Waals surface area (Å²) in [6.07, 6.45) is 5.11. The van der Waals surface area contributed by atoms with Crippen LogP contribution in [0.25, 0.3) is 0 Å². The summed E-state index contributed by atoms with van der Waals surface area (Å²) in [6.45, 7) is 6.36. The van der Waals surface area contributed by atoms with Gasteiger partial charge in [-0.15, -0.1) is 24.8 Å². The number of rotatable bonds is 6. The highest BCUT2D eigenvalue weighted by molar-refractivity contribution is 5.85. The Morgan fingerprint density at radius 2 is 2.00 bits per heavy atom. The molecule has 1 aromatic rings. The molecule has 1 aromatic heterocycles. The first-order valence-corrected chi connectivity index (χ1v) is 6.09. The van der Waals surface area contributed by atoms with Gasteiger partial charge in [0.05, 0.1) is 5.54 Å². The zero-order valence-electron chi connectivity index (χ0n) is 11.6. The summed E-state index contributed by atoms with van der Waals surface area (Å²) in [4.78, 5) is 12.1. The van der Waals surface area contributed by atoms with E-state index < -0.39 is 0 Å². The molecule has 1 rings (SSSR count). The zero-order chi connectivity index (χ0) is 12.9. The number of nitrogens with two attached hydrogens (primary N) is 1. The first kappa shape index (κ1) is 20.5. The molecular weight excluding hydrogens is 287 g/mol. The van der Waals surface area contributed by atoms with Gasteiger partial charge >= 0.3 is 0 Å². The average Bonchev–Trinajstić information content (AvgIpc) is 2.88. The number of amides is 1. The molecule has 5 nitrogen and oxygen atoms in total. The van der Waals surface area contributed by atoms with Crippen LogP contribution in [0.3, 0.4) is 0 Å². The number of carbonyl (C=O) groups excluding carboxylic acids is 1. The predicted octanol–water partition coefficient (Wildman–Crippen LogP) is 1.92. The summed E-state index contributed by atoms with van der Waals surface area (Å²) in [5, 5.41) is 7.11. The van der Waals surface area contributed by atoms with Gasteiger partial charge in [-0.3, -0.25) is 9.48 Å². The number of carbonyl (C=O) groups is 1. The Bertz CT molecular complexity index is 344. The van der Waals surface area contributed by atoms with Crippen LogP contribution in [-0.2, 0) is 4.79 Å². The van der Waals surface area contributed by atoms with Crippen molar-refractivity contribution < 1.29 is 4.79 Å². The van der Waals surface area contributed by atoms with Gasteiger partial charge in [-0.25, -0.2) is 0 Å². The number of hydrogen-bond acceptors (Lipinski definition) is 3. The standard InChI is InChI=1S/C12H22N4O.2ClH/c1-4-12(5-2,9-13)15-11(17)10(3)16-8-6-7-14-16;;/h6-8,10H,4-5,9,13H2,1-3H3,(H,15,17);2*1H. The number of nitrogens with one attached hydrogen (secondary N) is 1. The number of nitrogens with zero attached hydrogens (tertiary/aromatic N) is 2. The normalized spacial score (nSPS) is 12.0. The van der Waals surface area contributed by atoms with Crippen LogP contribution in [0.2, 0.25) is 0 Å². The van der Waals surface area contributed by atoms with E-state index in [2.05, 4.69) is 10.4 Å². The molecule has 0 saturated heterocycles. The maximum absolute atomic E-state index is 12.1. The van der Waals surface area contributed by atoms with Crippen LogP contribution < -0.4 is 11.1 Å². The van der Waals surface area contributed by atoms with Gasteiger partial charge in [0.25, 0.3) is 0 Å². The van der Waals surface area contributed by atoms with E-state index in [1.54, 1.807) is 23.1 Å². The zero-order valence-corrected chi connectivity index (χ0v) is 13.3. The highest BCUT2D eigenvalue weighted by Gasteiger charge is 2.28. The Labute approximate surface area is 127 Å². The van der Waals surface area contributed by atoms with Gasteiger partial charge in [0.2, 0.25) is 5.91 Å². The quantitative estimate of drug-likeness (QED) is 0.843. The van der Waals surface area contributed by atoms with Crippen molar-refractivity contribution in [2.45, 2.75) is 45.2 Å². The molecule has 1 atom stereocenters. The van der Waals surface area contributed by atoms with Crippen molar-refractivity contribution in [3.8, 4) is 0 Å². The van der Waals surface area contributed by atoms with E-state index in [0.29, 0.717) is 6.54 Å². The molecular formula is C12H24Cl2N4O. The molecule has 0 aliphatic rings. The summed E-state index contributed by atoms with van der Waals surface area (Å²) < 4.78 is 1.64. The fraction of sp³-hybridized carbons (Fsp3) is 0.667. The van der Waals surface area contributed by atoms with E-state index in [9.17, 15) is 4.79 Å². The van der Waals surface area contributed by atoms with E-state index in [-0.39, 0.29) is 42.3 Å². The third-order valence-electron chi connectivity index (χ3n) is 3.43. The largest absolute Gasteiger partial charge is 0.348 e. The van der Waals surface area contributed by atoms with E-state index in [1.165, 1.54) is 0 Å². The summed E-state index contributed by atoms with van der Waals surface area (Å²) in [6, 6.07) is 1.49. The fourth-order valence-corrected chi connectivity index (χ4v) is 1.76. The van der Waals surface area contributed by atoms with Gasteiger partial charge in [0, 0.05) is 18.9 Å². The minimum Gasteiger partial charge on any atom is -0.348 e. The fourth-order valence-electron chi connectivity index (χ4n) is 1.76. The van der Waals surface area contributed by atoms with Crippen molar-refractivity contribution in [2.24, 2.45) is 5.73 Å². The second-order valence-corrected chi connectivity index (χ2v) is 4.34. The van der Waals surface area contributed by atoms with Crippen LogP contribution in [-0.4, -0.2) is 27.8 Å². The van der Waals surface area contributed by atoms with Crippen LogP contribution in [0.1, 0.15) is 39.7 Å². The molecule has 1 heterocycles. The molecule has 0 aliphatic heterocycles. The van der Waals surface area contributed by atoms with Crippen LogP contribution in [0.5, 0.6) is 0 Å². The minimum atomic E-state index is -0.311. The lowest BCUT2D eigenvalue weighted by Crippen LogP contribution is -2.54. The van der Waals surface area contributed by atoms with Gasteiger partial charge in [-0.05, 0) is 25.8 Å². The highest BCUT2D eigenvalue weighted by Crippen LogP contribution is 2.15. The molecule has 112 valence electrons. The van der Waals surface area contributed by atoms with Crippen LogP contribution in [0.4, 0.5) is 0 Å². The van der Waals surface area contributed by atoms with E-state index in [0.717, 1.165) is 12.8 Å². The molecule has 3 N–H and O–H groups in total. The van der Waals surface area contributed by atoms with Crippen molar-refractivity contribution in [3.05, 3.63) is 18.5 Å². The first-order valence-electron chi connectivity index (χ1n) is 6.09. The maximum atomic E-state index is 12.1. The Balaban J connectivity index is 0. The average molecular weight is 311 g/mol. The second kappa shape index (κ2) is 9.18. The van der Waals surface area contributed by atoms with Gasteiger partial charge in [-0.2, -0.15) is 5.10 Å². The van der Waals surface area contributed by atoms with Crippen molar-refractivity contribution in [1.29, 1.82) is 0 Å². The Morgan fingerprint density at radius 3 is 2.37 bits per heavy atom. The Kier molecular flexibility index (Phi) is 9.92. The van der Waals surface area contributed by atoms with Crippen molar-refractivity contribution in [2.75, 3.05) is 6.54 Å². The molecule has 1 unspecified atom stereocenters. The van der Waals surface area contributed by atoms with Crippen molar-refractivity contribution in [1.82, 2.24) is 15.1 Å². The molecule has 0 fully saturated rings. The summed E-state index contributed by atoms with van der Waals surface area (Å²) in [5.74, 6) is -0.0390. The predicted molar refractivity (Wildman–Crippen MR) is 81.9 cm³/mol. The molecule has 1 amide bonds. The maximum Gasteiger partial charge on any atom is 0.245 e. The van der Waals surface area contributed by atoms with Gasteiger partial charge in [0.15, 0.2) is 0 Å².